The number of para-hydroxylation sites is 2. The molecule has 0 unspecified atom stereocenters. The molecule has 2 aliphatic rings. The number of hydrogen-bond acceptors (Lipinski definition) is 8. The lowest BCUT2D eigenvalue weighted by Gasteiger charge is -2.38. The van der Waals surface area contributed by atoms with E-state index in [1.54, 1.807) is 11.8 Å². The van der Waals surface area contributed by atoms with Gasteiger partial charge in [-0.2, -0.15) is 4.68 Å². The van der Waals surface area contributed by atoms with Crippen LogP contribution in [-0.2, 0) is 14.6 Å². The van der Waals surface area contributed by atoms with Crippen molar-refractivity contribution in [1.82, 2.24) is 25.1 Å². The molecule has 1 aromatic heterocycles. The summed E-state index contributed by atoms with van der Waals surface area (Å²) < 4.78 is 31.1. The summed E-state index contributed by atoms with van der Waals surface area (Å²) >= 11 is 1.26. The van der Waals surface area contributed by atoms with Crippen LogP contribution in [-0.4, -0.2) is 75.9 Å². The predicted molar refractivity (Wildman–Crippen MR) is 117 cm³/mol. The van der Waals surface area contributed by atoms with Gasteiger partial charge in [-0.15, -0.1) is 5.10 Å². The molecule has 2 aromatic rings. The fourth-order valence-electron chi connectivity index (χ4n) is 4.49. The van der Waals surface area contributed by atoms with Gasteiger partial charge in [-0.25, -0.2) is 8.42 Å². The van der Waals surface area contributed by atoms with Crippen molar-refractivity contribution >= 4 is 27.5 Å². The molecule has 1 saturated carbocycles. The average molecular weight is 466 g/mol. The molecule has 1 amide bonds. The van der Waals surface area contributed by atoms with Crippen LogP contribution in [0, 0.1) is 0 Å². The monoisotopic (exact) mass is 465 g/mol. The maximum atomic E-state index is 13.3. The molecule has 1 saturated heterocycles. The van der Waals surface area contributed by atoms with E-state index in [1.807, 2.05) is 29.2 Å². The Kier molecular flexibility index (Phi) is 6.80. The molecule has 11 heteroatoms. The third kappa shape index (κ3) is 5.03. The van der Waals surface area contributed by atoms with Crippen LogP contribution in [0.1, 0.15) is 38.5 Å². The number of rotatable bonds is 7. The Bertz CT molecular complexity index is 1020. The number of nitrogens with zero attached hydrogens (tertiary/aromatic N) is 5. The van der Waals surface area contributed by atoms with Crippen LogP contribution in [0.3, 0.4) is 0 Å². The Morgan fingerprint density at radius 2 is 1.97 bits per heavy atom. The first-order valence-corrected chi connectivity index (χ1v) is 13.4. The van der Waals surface area contributed by atoms with Gasteiger partial charge >= 0.3 is 0 Å². The number of carbonyl (C=O) groups excluding carboxylic acids is 1. The van der Waals surface area contributed by atoms with Gasteiger partial charge in [-0.05, 0) is 41.8 Å². The Morgan fingerprint density at radius 1 is 1.19 bits per heavy atom. The molecule has 4 rings (SSSR count). The van der Waals surface area contributed by atoms with Crippen LogP contribution in [0.4, 0.5) is 0 Å². The molecule has 1 aliphatic heterocycles. The molecule has 0 N–H and O–H groups in total. The molecular formula is C20H27N5O4S2. The number of amides is 1. The first-order valence-electron chi connectivity index (χ1n) is 10.5. The van der Waals surface area contributed by atoms with Crippen LogP contribution < -0.4 is 4.74 Å². The maximum Gasteiger partial charge on any atom is 0.233 e. The molecule has 1 atom stereocenters. The number of sulfone groups is 1. The van der Waals surface area contributed by atoms with E-state index in [2.05, 4.69) is 15.5 Å². The number of methoxy groups -OCH3 is 1. The number of benzene rings is 1. The van der Waals surface area contributed by atoms with Crippen LogP contribution in [0.2, 0.25) is 0 Å². The minimum Gasteiger partial charge on any atom is -0.494 e. The highest BCUT2D eigenvalue weighted by Crippen LogP contribution is 2.30. The van der Waals surface area contributed by atoms with E-state index in [-0.39, 0.29) is 35.2 Å². The zero-order valence-corrected chi connectivity index (χ0v) is 19.1. The van der Waals surface area contributed by atoms with Crippen LogP contribution in [0.5, 0.6) is 5.75 Å². The lowest BCUT2D eigenvalue weighted by Crippen LogP contribution is -2.49. The van der Waals surface area contributed by atoms with E-state index in [0.29, 0.717) is 23.0 Å². The summed E-state index contributed by atoms with van der Waals surface area (Å²) in [4.78, 5) is 15.2. The Hall–Kier alpha value is -2.14. The minimum absolute atomic E-state index is 0.0476. The second-order valence-corrected chi connectivity index (χ2v) is 11.2. The lowest BCUT2D eigenvalue weighted by molar-refractivity contribution is -0.133. The summed E-state index contributed by atoms with van der Waals surface area (Å²) in [6.07, 6.45) is 5.72. The van der Waals surface area contributed by atoms with Gasteiger partial charge in [0.25, 0.3) is 0 Å². The minimum atomic E-state index is -3.07. The van der Waals surface area contributed by atoms with Crippen molar-refractivity contribution in [2.45, 2.75) is 55.8 Å². The van der Waals surface area contributed by atoms with Gasteiger partial charge in [0.15, 0.2) is 9.84 Å². The Morgan fingerprint density at radius 3 is 2.68 bits per heavy atom. The van der Waals surface area contributed by atoms with E-state index in [4.69, 9.17) is 4.74 Å². The van der Waals surface area contributed by atoms with Gasteiger partial charge in [-0.1, -0.05) is 43.2 Å². The SMILES string of the molecule is COc1ccccc1-n1nnnc1SCC(=O)N(C1CCCCC1)[C@H]1CCS(=O)(=O)C1. The normalized spacial score (nSPS) is 21.1. The number of hydrogen-bond donors (Lipinski definition) is 0. The third-order valence-corrected chi connectivity index (χ3v) is 8.59. The van der Waals surface area contributed by atoms with Crippen LogP contribution >= 0.6 is 11.8 Å². The number of ether oxygens (including phenoxy) is 1. The highest BCUT2D eigenvalue weighted by atomic mass is 32.2. The topological polar surface area (TPSA) is 107 Å². The summed E-state index contributed by atoms with van der Waals surface area (Å²) in [7, 11) is -1.49. The standard InChI is InChI=1S/C20H27N5O4S2/c1-29-18-10-6-5-9-17(18)25-20(21-22-23-25)30-13-19(26)24(15-7-3-2-4-8-15)16-11-12-31(27,28)14-16/h5-6,9-10,15-16H,2-4,7-8,11-14H2,1H3/t16-/m0/s1. The van der Waals surface area contributed by atoms with E-state index >= 15 is 0 Å². The van der Waals surface area contributed by atoms with Gasteiger partial charge in [0, 0.05) is 12.1 Å². The molecule has 2 fully saturated rings. The number of thioether (sulfide) groups is 1. The molecule has 9 nitrogen and oxygen atoms in total. The van der Waals surface area contributed by atoms with E-state index in [1.165, 1.54) is 18.2 Å². The molecule has 31 heavy (non-hydrogen) atoms. The quantitative estimate of drug-likeness (QED) is 0.572. The fourth-order valence-corrected chi connectivity index (χ4v) is 6.95. The molecule has 0 bridgehead atoms. The van der Waals surface area contributed by atoms with E-state index in [9.17, 15) is 13.2 Å². The molecule has 1 aromatic carbocycles. The van der Waals surface area contributed by atoms with Gasteiger partial charge in [0.1, 0.15) is 11.4 Å². The van der Waals surface area contributed by atoms with Crippen molar-refractivity contribution in [2.75, 3.05) is 24.4 Å². The summed E-state index contributed by atoms with van der Waals surface area (Å²) in [5.41, 5.74) is 0.691. The van der Waals surface area contributed by atoms with Crippen LogP contribution in [0.25, 0.3) is 5.69 Å². The largest absolute Gasteiger partial charge is 0.494 e. The highest BCUT2D eigenvalue weighted by Gasteiger charge is 2.38. The molecule has 168 valence electrons. The van der Waals surface area contributed by atoms with Crippen molar-refractivity contribution in [1.29, 1.82) is 0 Å². The van der Waals surface area contributed by atoms with Crippen molar-refractivity contribution < 1.29 is 17.9 Å². The van der Waals surface area contributed by atoms with Crippen molar-refractivity contribution in [3.8, 4) is 11.4 Å². The Balaban J connectivity index is 1.50. The number of carbonyl (C=O) groups is 1. The smallest absolute Gasteiger partial charge is 0.233 e. The number of aromatic nitrogens is 4. The Labute approximate surface area is 186 Å². The van der Waals surface area contributed by atoms with Crippen molar-refractivity contribution in [3.05, 3.63) is 24.3 Å². The molecule has 1 aliphatic carbocycles. The lowest BCUT2D eigenvalue weighted by atomic mass is 9.93. The fraction of sp³-hybridized carbons (Fsp3) is 0.600. The molecule has 0 spiro atoms. The maximum absolute atomic E-state index is 13.3. The van der Waals surface area contributed by atoms with Gasteiger partial charge in [-0.3, -0.25) is 4.79 Å². The zero-order chi connectivity index (χ0) is 21.8. The van der Waals surface area contributed by atoms with E-state index in [0.717, 1.165) is 25.7 Å². The zero-order valence-electron chi connectivity index (χ0n) is 17.5. The third-order valence-electron chi connectivity index (χ3n) is 5.94. The molecular weight excluding hydrogens is 438 g/mol. The first-order chi connectivity index (χ1) is 15.0. The predicted octanol–water partition coefficient (Wildman–Crippen LogP) is 2.11. The van der Waals surface area contributed by atoms with Crippen LogP contribution in [0.15, 0.2) is 29.4 Å². The highest BCUT2D eigenvalue weighted by molar-refractivity contribution is 7.99. The number of tetrazole rings is 1. The summed E-state index contributed by atoms with van der Waals surface area (Å²) in [5, 5.41) is 12.4. The van der Waals surface area contributed by atoms with Gasteiger partial charge in [0.05, 0.1) is 24.4 Å². The summed E-state index contributed by atoms with van der Waals surface area (Å²) in [6.45, 7) is 0. The van der Waals surface area contributed by atoms with Crippen molar-refractivity contribution in [3.63, 3.8) is 0 Å². The summed E-state index contributed by atoms with van der Waals surface area (Å²) in [6, 6.07) is 7.28. The average Bonchev–Trinajstić information content (AvgIpc) is 3.39. The second kappa shape index (κ2) is 9.56. The molecule has 0 radical (unpaired) electrons. The second-order valence-electron chi connectivity index (χ2n) is 7.98. The van der Waals surface area contributed by atoms with Crippen molar-refractivity contribution in [2.24, 2.45) is 0 Å². The first kappa shape index (κ1) is 22.1. The van der Waals surface area contributed by atoms with Gasteiger partial charge < -0.3 is 9.64 Å². The summed E-state index contributed by atoms with van der Waals surface area (Å²) in [5.74, 6) is 0.964. The van der Waals surface area contributed by atoms with Gasteiger partial charge in [0.2, 0.25) is 11.1 Å². The molecule has 2 heterocycles. The van der Waals surface area contributed by atoms with E-state index < -0.39 is 9.84 Å².